The maximum atomic E-state index is 8.53. The molecule has 3 aromatic heterocycles. The molecular formula is C45H27N3OS. The number of fused-ring (bicyclic) bond motifs is 6. The fourth-order valence-corrected chi connectivity index (χ4v) is 7.86. The van der Waals surface area contributed by atoms with Crippen LogP contribution in [0.1, 0.15) is 6.85 Å². The lowest BCUT2D eigenvalue weighted by molar-refractivity contribution is 0.669. The predicted molar refractivity (Wildman–Crippen MR) is 207 cm³/mol. The third kappa shape index (κ3) is 4.87. The summed E-state index contributed by atoms with van der Waals surface area (Å²) in [4.78, 5) is 14.7. The van der Waals surface area contributed by atoms with Gasteiger partial charge >= 0.3 is 0 Å². The molecule has 0 fully saturated rings. The first-order chi connectivity index (χ1) is 26.8. The SMILES string of the molecule is [2H]c1c([2H])c([2H])c(-c2cccc(-c3nc(-c4ccccc4)nc(-c4ccc5c(c4)oc4ccc(-c6cccc7c6sc6ccccc67)cc45)n3)c2)c([2H])c1[2H]. The Hall–Kier alpha value is -6.43. The zero-order valence-electron chi connectivity index (χ0n) is 31.4. The Balaban J connectivity index is 1.09. The number of furan rings is 1. The quantitative estimate of drug-likeness (QED) is 0.184. The van der Waals surface area contributed by atoms with Crippen LogP contribution < -0.4 is 0 Å². The molecule has 0 amide bonds. The summed E-state index contributed by atoms with van der Waals surface area (Å²) in [6.45, 7) is 0. The third-order valence-electron chi connectivity index (χ3n) is 9.02. The van der Waals surface area contributed by atoms with E-state index >= 15 is 0 Å². The molecule has 4 nitrogen and oxygen atoms in total. The molecule has 10 aromatic rings. The number of benzene rings is 7. The van der Waals surface area contributed by atoms with E-state index in [0.29, 0.717) is 34.2 Å². The number of aromatic nitrogens is 3. The summed E-state index contributed by atoms with van der Waals surface area (Å²) < 4.78 is 50.4. The second-order valence-corrected chi connectivity index (χ2v) is 13.1. The van der Waals surface area contributed by atoms with Gasteiger partial charge in [0.25, 0.3) is 0 Å². The minimum Gasteiger partial charge on any atom is -0.456 e. The smallest absolute Gasteiger partial charge is 0.164 e. The van der Waals surface area contributed by atoms with Gasteiger partial charge in [-0.25, -0.2) is 15.0 Å². The van der Waals surface area contributed by atoms with Crippen LogP contribution in [0.5, 0.6) is 0 Å². The van der Waals surface area contributed by atoms with Gasteiger partial charge in [-0.05, 0) is 58.7 Å². The molecule has 0 saturated carbocycles. The van der Waals surface area contributed by atoms with Crippen LogP contribution in [0.15, 0.2) is 168 Å². The average molecular weight is 663 g/mol. The predicted octanol–water partition coefficient (Wildman–Crippen LogP) is 12.5. The van der Waals surface area contributed by atoms with Crippen molar-refractivity contribution in [3.63, 3.8) is 0 Å². The van der Waals surface area contributed by atoms with Crippen molar-refractivity contribution in [1.29, 1.82) is 0 Å². The van der Waals surface area contributed by atoms with E-state index in [2.05, 4.69) is 54.6 Å². The van der Waals surface area contributed by atoms with Gasteiger partial charge in [0, 0.05) is 47.6 Å². The highest BCUT2D eigenvalue weighted by Gasteiger charge is 2.17. The molecule has 3 heterocycles. The summed E-state index contributed by atoms with van der Waals surface area (Å²) in [5.74, 6) is 1.29. The van der Waals surface area contributed by atoms with Crippen molar-refractivity contribution in [3.8, 4) is 56.4 Å². The van der Waals surface area contributed by atoms with Crippen molar-refractivity contribution >= 4 is 53.4 Å². The molecule has 0 saturated heterocycles. The largest absolute Gasteiger partial charge is 0.456 e. The number of hydrogen-bond donors (Lipinski definition) is 0. The Bertz CT molecular complexity index is 3150. The first-order valence-corrected chi connectivity index (χ1v) is 17.0. The Kier molecular flexibility index (Phi) is 5.54. The lowest BCUT2D eigenvalue weighted by Crippen LogP contribution is -2.00. The molecule has 0 radical (unpaired) electrons. The van der Waals surface area contributed by atoms with Crippen LogP contribution >= 0.6 is 11.3 Å². The molecule has 5 heteroatoms. The van der Waals surface area contributed by atoms with E-state index in [1.54, 1.807) is 18.2 Å². The van der Waals surface area contributed by atoms with Gasteiger partial charge < -0.3 is 4.42 Å². The second-order valence-electron chi connectivity index (χ2n) is 12.1. The minimum absolute atomic E-state index is 0.115. The number of rotatable bonds is 5. The van der Waals surface area contributed by atoms with Crippen LogP contribution in [0.4, 0.5) is 0 Å². The zero-order valence-corrected chi connectivity index (χ0v) is 27.2. The Morgan fingerprint density at radius 2 is 1.12 bits per heavy atom. The summed E-state index contributed by atoms with van der Waals surface area (Å²) in [5, 5.41) is 4.52. The van der Waals surface area contributed by atoms with Gasteiger partial charge in [0.15, 0.2) is 17.5 Å². The summed E-state index contributed by atoms with van der Waals surface area (Å²) in [5.41, 5.74) is 6.53. The van der Waals surface area contributed by atoms with Crippen LogP contribution in [-0.2, 0) is 0 Å². The highest BCUT2D eigenvalue weighted by molar-refractivity contribution is 7.26. The van der Waals surface area contributed by atoms with Gasteiger partial charge in [-0.1, -0.05) is 127 Å². The maximum absolute atomic E-state index is 8.53. The third-order valence-corrected chi connectivity index (χ3v) is 10.2. The monoisotopic (exact) mass is 662 g/mol. The van der Waals surface area contributed by atoms with E-state index in [0.717, 1.165) is 33.0 Å². The standard InChI is InChI=1S/C45H27N3OS/c1-3-11-28(12-4-1)30-15-9-16-32(25-30)44-46-43(29-13-5-2-6-14-29)47-45(48-44)33-21-23-35-38-26-31(22-24-39(38)49-40(35)27-33)34-18-10-19-37-36-17-7-8-20-41(36)50-42(34)37/h1-27H/i1D,3D,4D,11D,12D. The van der Waals surface area contributed by atoms with Gasteiger partial charge in [-0.15, -0.1) is 11.3 Å². The summed E-state index contributed by atoms with van der Waals surface area (Å²) in [6, 6.07) is 42.4. The maximum Gasteiger partial charge on any atom is 0.164 e. The molecule has 50 heavy (non-hydrogen) atoms. The molecular weight excluding hydrogens is 631 g/mol. The van der Waals surface area contributed by atoms with Crippen LogP contribution in [0.2, 0.25) is 0 Å². The molecule has 0 bridgehead atoms. The van der Waals surface area contributed by atoms with E-state index in [4.69, 9.17) is 26.2 Å². The van der Waals surface area contributed by atoms with Crippen molar-refractivity contribution < 1.29 is 11.3 Å². The fourth-order valence-electron chi connectivity index (χ4n) is 6.62. The molecule has 0 aliphatic rings. The average Bonchev–Trinajstić information content (AvgIpc) is 3.80. The van der Waals surface area contributed by atoms with E-state index < -0.39 is 6.04 Å². The van der Waals surface area contributed by atoms with Gasteiger partial charge in [0.2, 0.25) is 0 Å². The van der Waals surface area contributed by atoms with Gasteiger partial charge in [0.05, 0.1) is 6.85 Å². The molecule has 7 aromatic carbocycles. The molecule has 0 aliphatic heterocycles. The van der Waals surface area contributed by atoms with E-state index in [1.807, 2.05) is 72.0 Å². The Morgan fingerprint density at radius 1 is 0.440 bits per heavy atom. The van der Waals surface area contributed by atoms with Gasteiger partial charge in [-0.3, -0.25) is 0 Å². The van der Waals surface area contributed by atoms with Crippen molar-refractivity contribution in [2.75, 3.05) is 0 Å². The minimum atomic E-state index is -0.434. The summed E-state index contributed by atoms with van der Waals surface area (Å²) in [6.07, 6.45) is 0. The van der Waals surface area contributed by atoms with Crippen LogP contribution in [-0.4, -0.2) is 15.0 Å². The normalized spacial score (nSPS) is 13.0. The Labute approximate surface area is 299 Å². The van der Waals surface area contributed by atoms with E-state index in [-0.39, 0.29) is 29.7 Å². The summed E-state index contributed by atoms with van der Waals surface area (Å²) >= 11 is 1.81. The van der Waals surface area contributed by atoms with Crippen molar-refractivity contribution in [2.45, 2.75) is 0 Å². The van der Waals surface area contributed by atoms with E-state index in [1.165, 1.54) is 25.7 Å². The van der Waals surface area contributed by atoms with Gasteiger partial charge in [0.1, 0.15) is 11.2 Å². The number of nitrogens with zero attached hydrogens (tertiary/aromatic N) is 3. The number of thiophene rings is 1. The molecule has 0 unspecified atom stereocenters. The second kappa shape index (κ2) is 11.6. The van der Waals surface area contributed by atoms with Crippen LogP contribution in [0, 0.1) is 0 Å². The molecule has 10 rings (SSSR count). The fraction of sp³-hybridized carbons (Fsp3) is 0. The molecule has 0 N–H and O–H groups in total. The first kappa shape index (κ1) is 23.8. The lowest BCUT2D eigenvalue weighted by atomic mass is 10.0. The van der Waals surface area contributed by atoms with Crippen molar-refractivity contribution in [2.24, 2.45) is 0 Å². The highest BCUT2D eigenvalue weighted by atomic mass is 32.1. The molecule has 0 spiro atoms. The Morgan fingerprint density at radius 3 is 1.98 bits per heavy atom. The lowest BCUT2D eigenvalue weighted by Gasteiger charge is -2.09. The zero-order chi connectivity index (χ0) is 37.4. The highest BCUT2D eigenvalue weighted by Crippen LogP contribution is 2.41. The van der Waals surface area contributed by atoms with Crippen LogP contribution in [0.3, 0.4) is 0 Å². The molecule has 234 valence electrons. The topological polar surface area (TPSA) is 51.8 Å². The van der Waals surface area contributed by atoms with Crippen molar-refractivity contribution in [1.82, 2.24) is 15.0 Å². The summed E-state index contributed by atoms with van der Waals surface area (Å²) in [7, 11) is 0. The first-order valence-electron chi connectivity index (χ1n) is 18.7. The molecule has 0 aliphatic carbocycles. The number of hydrogen-bond acceptors (Lipinski definition) is 5. The van der Waals surface area contributed by atoms with Crippen LogP contribution in [0.25, 0.3) is 98.5 Å². The van der Waals surface area contributed by atoms with Crippen molar-refractivity contribution in [3.05, 3.63) is 164 Å². The van der Waals surface area contributed by atoms with Gasteiger partial charge in [-0.2, -0.15) is 0 Å². The van der Waals surface area contributed by atoms with E-state index in [9.17, 15) is 0 Å². The molecule has 0 atom stereocenters.